The van der Waals surface area contributed by atoms with Crippen molar-refractivity contribution < 1.29 is 14.3 Å². The van der Waals surface area contributed by atoms with Gasteiger partial charge in [-0.05, 0) is 43.2 Å². The zero-order chi connectivity index (χ0) is 14.4. The molecule has 2 rings (SSSR count). The molecule has 0 aromatic heterocycles. The Kier molecular flexibility index (Phi) is 5.35. The lowest BCUT2D eigenvalue weighted by atomic mass is 9.89. The Bertz CT molecular complexity index is 436. The molecule has 0 aliphatic carbocycles. The first-order valence-corrected chi connectivity index (χ1v) is 8.13. The summed E-state index contributed by atoms with van der Waals surface area (Å²) in [7, 11) is 1.67. The first kappa shape index (κ1) is 15.2. The molecule has 20 heavy (non-hydrogen) atoms. The number of ether oxygens (including phenoxy) is 2. The predicted molar refractivity (Wildman–Crippen MR) is 82.2 cm³/mol. The molecule has 1 unspecified atom stereocenters. The molecular weight excluding hydrogens is 272 g/mol. The molecule has 0 N–H and O–H groups in total. The van der Waals surface area contributed by atoms with Crippen LogP contribution in [-0.4, -0.2) is 25.4 Å². The molecule has 1 heterocycles. The van der Waals surface area contributed by atoms with Crippen molar-refractivity contribution in [2.75, 3.05) is 19.5 Å². The van der Waals surface area contributed by atoms with Gasteiger partial charge >= 0.3 is 5.97 Å². The highest BCUT2D eigenvalue weighted by molar-refractivity contribution is 8.00. The maximum atomic E-state index is 12.0. The lowest BCUT2D eigenvalue weighted by Gasteiger charge is -2.36. The van der Waals surface area contributed by atoms with E-state index in [9.17, 15) is 4.79 Å². The summed E-state index contributed by atoms with van der Waals surface area (Å²) >= 11 is 1.89. The maximum Gasteiger partial charge on any atom is 0.307 e. The fourth-order valence-electron chi connectivity index (χ4n) is 2.66. The topological polar surface area (TPSA) is 35.5 Å². The summed E-state index contributed by atoms with van der Waals surface area (Å²) in [5, 5.41) is 0. The highest BCUT2D eigenvalue weighted by atomic mass is 32.2. The summed E-state index contributed by atoms with van der Waals surface area (Å²) in [6.45, 7) is 2.30. The van der Waals surface area contributed by atoms with Crippen molar-refractivity contribution in [3.8, 4) is 5.75 Å². The number of rotatable bonds is 5. The molecule has 0 bridgehead atoms. The second kappa shape index (κ2) is 7.02. The van der Waals surface area contributed by atoms with Gasteiger partial charge in [0.05, 0.1) is 24.9 Å². The van der Waals surface area contributed by atoms with E-state index in [2.05, 4.69) is 12.1 Å². The highest BCUT2D eigenvalue weighted by Gasteiger charge is 2.37. The van der Waals surface area contributed by atoms with Gasteiger partial charge in [0.15, 0.2) is 0 Å². The summed E-state index contributed by atoms with van der Waals surface area (Å²) in [6, 6.07) is 8.10. The normalized spacial score (nSPS) is 22.3. The van der Waals surface area contributed by atoms with Crippen molar-refractivity contribution in [1.82, 2.24) is 0 Å². The molecule has 110 valence electrons. The predicted octanol–water partition coefficient (Wildman–Crippen LogP) is 3.76. The second-order valence-corrected chi connectivity index (χ2v) is 6.49. The Morgan fingerprint density at radius 2 is 2.05 bits per heavy atom. The number of thioether (sulfide) groups is 1. The van der Waals surface area contributed by atoms with Crippen LogP contribution in [0.5, 0.6) is 5.75 Å². The van der Waals surface area contributed by atoms with Gasteiger partial charge in [0, 0.05) is 0 Å². The molecule has 4 heteroatoms. The average Bonchev–Trinajstić information content (AvgIpc) is 2.48. The van der Waals surface area contributed by atoms with Crippen molar-refractivity contribution in [1.29, 1.82) is 0 Å². The SMILES string of the molecule is CCOC(=O)CC1(c2ccc(OC)cc2)CCCCS1. The van der Waals surface area contributed by atoms with Gasteiger partial charge in [-0.25, -0.2) is 0 Å². The third kappa shape index (κ3) is 3.48. The molecule has 0 spiro atoms. The number of carbonyl (C=O) groups is 1. The summed E-state index contributed by atoms with van der Waals surface area (Å²) in [5.41, 5.74) is 1.20. The number of methoxy groups -OCH3 is 1. The smallest absolute Gasteiger partial charge is 0.307 e. The minimum absolute atomic E-state index is 0.0993. The van der Waals surface area contributed by atoms with E-state index in [4.69, 9.17) is 9.47 Å². The molecule has 1 aromatic rings. The van der Waals surface area contributed by atoms with Crippen molar-refractivity contribution in [3.63, 3.8) is 0 Å². The second-order valence-electron chi connectivity index (χ2n) is 5.01. The number of hydrogen-bond acceptors (Lipinski definition) is 4. The van der Waals surface area contributed by atoms with Gasteiger partial charge in [-0.2, -0.15) is 0 Å². The Balaban J connectivity index is 2.22. The van der Waals surface area contributed by atoms with Gasteiger partial charge in [0.1, 0.15) is 5.75 Å². The van der Waals surface area contributed by atoms with Crippen LogP contribution >= 0.6 is 11.8 Å². The first-order valence-electron chi connectivity index (χ1n) is 7.14. The van der Waals surface area contributed by atoms with Crippen molar-refractivity contribution in [2.24, 2.45) is 0 Å². The maximum absolute atomic E-state index is 12.0. The van der Waals surface area contributed by atoms with Crippen LogP contribution in [0.15, 0.2) is 24.3 Å². The van der Waals surface area contributed by atoms with E-state index in [-0.39, 0.29) is 10.7 Å². The van der Waals surface area contributed by atoms with Gasteiger partial charge in [0.25, 0.3) is 0 Å². The van der Waals surface area contributed by atoms with E-state index < -0.39 is 0 Å². The number of esters is 1. The van der Waals surface area contributed by atoms with Gasteiger partial charge in [-0.15, -0.1) is 11.8 Å². The molecule has 3 nitrogen and oxygen atoms in total. The third-order valence-corrected chi connectivity index (χ3v) is 5.33. The average molecular weight is 294 g/mol. The van der Waals surface area contributed by atoms with Gasteiger partial charge < -0.3 is 9.47 Å². The molecule has 1 aromatic carbocycles. The fourth-order valence-corrected chi connectivity index (χ4v) is 4.21. The molecule has 0 saturated carbocycles. The van der Waals surface area contributed by atoms with Crippen molar-refractivity contribution in [3.05, 3.63) is 29.8 Å². The van der Waals surface area contributed by atoms with E-state index in [1.165, 1.54) is 18.4 Å². The van der Waals surface area contributed by atoms with Crippen LogP contribution < -0.4 is 4.74 Å². The van der Waals surface area contributed by atoms with Crippen LogP contribution in [0.25, 0.3) is 0 Å². The van der Waals surface area contributed by atoms with E-state index >= 15 is 0 Å². The standard InChI is InChI=1S/C16H22O3S/c1-3-19-15(17)12-16(10-4-5-11-20-16)13-6-8-14(18-2)9-7-13/h6-9H,3-5,10-12H2,1-2H3. The molecular formula is C16H22O3S. The number of benzene rings is 1. The van der Waals surface area contributed by atoms with Crippen LogP contribution in [0.2, 0.25) is 0 Å². The fraction of sp³-hybridized carbons (Fsp3) is 0.562. The van der Waals surface area contributed by atoms with Crippen molar-refractivity contribution in [2.45, 2.75) is 37.4 Å². The van der Waals surface area contributed by atoms with Gasteiger partial charge in [-0.3, -0.25) is 4.79 Å². The Labute approximate surface area is 125 Å². The molecule has 1 fully saturated rings. The molecule has 0 amide bonds. The summed E-state index contributed by atoms with van der Waals surface area (Å²) in [6.07, 6.45) is 3.88. The largest absolute Gasteiger partial charge is 0.497 e. The van der Waals surface area contributed by atoms with Crippen LogP contribution in [0.1, 0.15) is 38.2 Å². The molecule has 1 atom stereocenters. The van der Waals surface area contributed by atoms with Crippen LogP contribution in [0.3, 0.4) is 0 Å². The molecule has 1 saturated heterocycles. The van der Waals surface area contributed by atoms with Crippen LogP contribution in [0.4, 0.5) is 0 Å². The number of hydrogen-bond donors (Lipinski definition) is 0. The zero-order valence-corrected chi connectivity index (χ0v) is 13.0. The van der Waals surface area contributed by atoms with Crippen molar-refractivity contribution >= 4 is 17.7 Å². The van der Waals surface area contributed by atoms with E-state index in [0.717, 1.165) is 17.9 Å². The summed E-state index contributed by atoms with van der Waals surface area (Å²) < 4.78 is 10.2. The molecule has 1 aliphatic rings. The van der Waals surface area contributed by atoms with Crippen LogP contribution in [0, 0.1) is 0 Å². The minimum Gasteiger partial charge on any atom is -0.497 e. The third-order valence-electron chi connectivity index (χ3n) is 3.70. The molecule has 0 radical (unpaired) electrons. The van der Waals surface area contributed by atoms with E-state index in [0.29, 0.717) is 13.0 Å². The number of carbonyl (C=O) groups excluding carboxylic acids is 1. The van der Waals surface area contributed by atoms with Crippen LogP contribution in [-0.2, 0) is 14.3 Å². The summed E-state index contributed by atoms with van der Waals surface area (Å²) in [4.78, 5) is 12.0. The first-order chi connectivity index (χ1) is 9.70. The lowest BCUT2D eigenvalue weighted by Crippen LogP contribution is -2.29. The lowest BCUT2D eigenvalue weighted by molar-refractivity contribution is -0.143. The Morgan fingerprint density at radius 3 is 2.60 bits per heavy atom. The summed E-state index contributed by atoms with van der Waals surface area (Å²) in [5.74, 6) is 1.85. The van der Waals surface area contributed by atoms with E-state index in [1.807, 2.05) is 30.8 Å². The van der Waals surface area contributed by atoms with Gasteiger partial charge in [-0.1, -0.05) is 18.6 Å². The Hall–Kier alpha value is -1.16. The zero-order valence-electron chi connectivity index (χ0n) is 12.2. The monoisotopic (exact) mass is 294 g/mol. The Morgan fingerprint density at radius 1 is 1.30 bits per heavy atom. The minimum atomic E-state index is -0.128. The molecule has 1 aliphatic heterocycles. The van der Waals surface area contributed by atoms with E-state index in [1.54, 1.807) is 7.11 Å². The van der Waals surface area contributed by atoms with Gasteiger partial charge in [0.2, 0.25) is 0 Å². The highest BCUT2D eigenvalue weighted by Crippen LogP contribution is 2.48. The quantitative estimate of drug-likeness (QED) is 0.775.